The molecule has 6 heteroatoms. The molecule has 5 N–H and O–H groups in total. The molecule has 0 saturated carbocycles. The van der Waals surface area contributed by atoms with Crippen molar-refractivity contribution >= 4 is 11.9 Å². The van der Waals surface area contributed by atoms with Crippen LogP contribution < -0.4 is 11.1 Å². The van der Waals surface area contributed by atoms with Gasteiger partial charge in [-0.1, -0.05) is 25.7 Å². The van der Waals surface area contributed by atoms with Gasteiger partial charge in [-0.2, -0.15) is 0 Å². The fourth-order valence-corrected chi connectivity index (χ4v) is 1.83. The smallest absolute Gasteiger partial charge is 0.320 e. The Morgan fingerprint density at radius 2 is 1.58 bits per heavy atom. The van der Waals surface area contributed by atoms with Gasteiger partial charge in [0.05, 0.1) is 0 Å². The summed E-state index contributed by atoms with van der Waals surface area (Å²) in [6.07, 6.45) is 6.49. The van der Waals surface area contributed by atoms with Gasteiger partial charge < -0.3 is 21.3 Å². The standard InChI is InChI=1S/C13H26N2O4/c14-9-5-3-1-2-4-6-10-15-11(13(18)19)7-8-12(16)17/h11,15H,1-10,14H2,(H,16,17)(H,18,19)/t11-/m0/s1. The zero-order valence-corrected chi connectivity index (χ0v) is 11.4. The molecule has 0 fully saturated rings. The summed E-state index contributed by atoms with van der Waals surface area (Å²) in [5, 5.41) is 20.3. The lowest BCUT2D eigenvalue weighted by atomic mass is 10.1. The number of carboxylic acids is 2. The van der Waals surface area contributed by atoms with Crippen LogP contribution in [0.3, 0.4) is 0 Å². The van der Waals surface area contributed by atoms with E-state index in [1.807, 2.05) is 0 Å². The molecule has 0 spiro atoms. The van der Waals surface area contributed by atoms with E-state index in [2.05, 4.69) is 5.32 Å². The van der Waals surface area contributed by atoms with Gasteiger partial charge in [0.2, 0.25) is 0 Å². The number of rotatable bonds is 13. The highest BCUT2D eigenvalue weighted by molar-refractivity contribution is 5.75. The highest BCUT2D eigenvalue weighted by Crippen LogP contribution is 2.05. The van der Waals surface area contributed by atoms with Gasteiger partial charge in [0.15, 0.2) is 0 Å². The lowest BCUT2D eigenvalue weighted by Crippen LogP contribution is -2.37. The number of nitrogens with two attached hydrogens (primary N) is 1. The summed E-state index contributed by atoms with van der Waals surface area (Å²) in [4.78, 5) is 21.3. The Bertz CT molecular complexity index is 259. The van der Waals surface area contributed by atoms with Crippen LogP contribution in [0.15, 0.2) is 0 Å². The number of carboxylic acid groups (broad SMARTS) is 2. The van der Waals surface area contributed by atoms with Gasteiger partial charge in [0, 0.05) is 6.42 Å². The van der Waals surface area contributed by atoms with Crippen LogP contribution in [-0.2, 0) is 9.59 Å². The molecule has 0 aromatic heterocycles. The van der Waals surface area contributed by atoms with E-state index in [1.165, 1.54) is 6.42 Å². The van der Waals surface area contributed by atoms with Gasteiger partial charge in [0.25, 0.3) is 0 Å². The summed E-state index contributed by atoms with van der Waals surface area (Å²) in [5.74, 6) is -1.95. The minimum absolute atomic E-state index is 0.122. The van der Waals surface area contributed by atoms with Crippen LogP contribution in [0.25, 0.3) is 0 Å². The Hall–Kier alpha value is -1.14. The first-order valence-corrected chi connectivity index (χ1v) is 6.96. The maximum absolute atomic E-state index is 10.9. The van der Waals surface area contributed by atoms with Crippen LogP contribution in [-0.4, -0.2) is 41.3 Å². The molecule has 0 aliphatic heterocycles. The highest BCUT2D eigenvalue weighted by atomic mass is 16.4. The molecule has 0 heterocycles. The number of hydrogen-bond donors (Lipinski definition) is 4. The van der Waals surface area contributed by atoms with E-state index in [9.17, 15) is 9.59 Å². The Morgan fingerprint density at radius 1 is 1.00 bits per heavy atom. The lowest BCUT2D eigenvalue weighted by Gasteiger charge is -2.13. The van der Waals surface area contributed by atoms with Crippen molar-refractivity contribution in [3.05, 3.63) is 0 Å². The third kappa shape index (κ3) is 11.7. The minimum atomic E-state index is -0.982. The number of nitrogens with one attached hydrogen (secondary N) is 1. The molecule has 0 aromatic carbocycles. The predicted molar refractivity (Wildman–Crippen MR) is 73.1 cm³/mol. The number of unbranched alkanes of at least 4 members (excludes halogenated alkanes) is 5. The maximum atomic E-state index is 10.9. The molecule has 19 heavy (non-hydrogen) atoms. The van der Waals surface area contributed by atoms with Crippen molar-refractivity contribution in [2.45, 2.75) is 57.4 Å². The van der Waals surface area contributed by atoms with Crippen LogP contribution in [0.4, 0.5) is 0 Å². The van der Waals surface area contributed by atoms with E-state index < -0.39 is 18.0 Å². The molecule has 0 unspecified atom stereocenters. The summed E-state index contributed by atoms with van der Waals surface area (Å²) in [7, 11) is 0. The summed E-state index contributed by atoms with van der Waals surface area (Å²) in [5.41, 5.74) is 5.39. The monoisotopic (exact) mass is 274 g/mol. The molecule has 0 aliphatic carbocycles. The quantitative estimate of drug-likeness (QED) is 0.375. The van der Waals surface area contributed by atoms with Gasteiger partial charge in [0.1, 0.15) is 6.04 Å². The second kappa shape index (κ2) is 11.9. The van der Waals surface area contributed by atoms with E-state index in [0.717, 1.165) is 38.6 Å². The number of hydrogen-bond acceptors (Lipinski definition) is 4. The topological polar surface area (TPSA) is 113 Å². The Balaban J connectivity index is 3.53. The molecule has 0 bridgehead atoms. The van der Waals surface area contributed by atoms with Crippen LogP contribution in [0, 0.1) is 0 Å². The van der Waals surface area contributed by atoms with Crippen LogP contribution in [0.2, 0.25) is 0 Å². The summed E-state index contributed by atoms with van der Waals surface area (Å²) in [6.45, 7) is 1.36. The van der Waals surface area contributed by atoms with Crippen LogP contribution in [0.1, 0.15) is 51.4 Å². The first kappa shape index (κ1) is 17.9. The largest absolute Gasteiger partial charge is 0.481 e. The third-order valence-electron chi connectivity index (χ3n) is 2.97. The number of aliphatic carboxylic acids is 2. The van der Waals surface area contributed by atoms with Gasteiger partial charge in [-0.05, 0) is 32.4 Å². The van der Waals surface area contributed by atoms with E-state index in [0.29, 0.717) is 6.54 Å². The van der Waals surface area contributed by atoms with E-state index in [1.54, 1.807) is 0 Å². The zero-order chi connectivity index (χ0) is 14.5. The molecule has 0 saturated heterocycles. The molecule has 112 valence electrons. The van der Waals surface area contributed by atoms with E-state index in [4.69, 9.17) is 15.9 Å². The zero-order valence-electron chi connectivity index (χ0n) is 11.4. The third-order valence-corrected chi connectivity index (χ3v) is 2.97. The Labute approximate surface area is 114 Å². The minimum Gasteiger partial charge on any atom is -0.481 e. The van der Waals surface area contributed by atoms with Crippen molar-refractivity contribution < 1.29 is 19.8 Å². The second-order valence-electron chi connectivity index (χ2n) is 4.69. The van der Waals surface area contributed by atoms with Gasteiger partial charge in [-0.3, -0.25) is 9.59 Å². The fourth-order valence-electron chi connectivity index (χ4n) is 1.83. The van der Waals surface area contributed by atoms with Crippen molar-refractivity contribution in [2.75, 3.05) is 13.1 Å². The molecule has 0 aliphatic rings. The fraction of sp³-hybridized carbons (Fsp3) is 0.846. The SMILES string of the molecule is NCCCCCCCCN[C@@H](CCC(=O)O)C(=O)O. The van der Waals surface area contributed by atoms with Crippen LogP contribution >= 0.6 is 0 Å². The van der Waals surface area contributed by atoms with Crippen molar-refractivity contribution in [1.29, 1.82) is 0 Å². The Kier molecular flexibility index (Phi) is 11.2. The van der Waals surface area contributed by atoms with E-state index in [-0.39, 0.29) is 12.8 Å². The average molecular weight is 274 g/mol. The second-order valence-corrected chi connectivity index (χ2v) is 4.69. The first-order chi connectivity index (χ1) is 9.07. The normalized spacial score (nSPS) is 12.3. The van der Waals surface area contributed by atoms with Gasteiger partial charge in [-0.25, -0.2) is 0 Å². The van der Waals surface area contributed by atoms with Crippen molar-refractivity contribution in [3.8, 4) is 0 Å². The molecule has 0 amide bonds. The summed E-state index contributed by atoms with van der Waals surface area (Å²) < 4.78 is 0. The van der Waals surface area contributed by atoms with Crippen molar-refractivity contribution in [2.24, 2.45) is 5.73 Å². The molecule has 1 atom stereocenters. The summed E-state index contributed by atoms with van der Waals surface area (Å²) in [6, 6.07) is -0.756. The average Bonchev–Trinajstić information content (AvgIpc) is 2.35. The molecular weight excluding hydrogens is 248 g/mol. The first-order valence-electron chi connectivity index (χ1n) is 6.96. The van der Waals surface area contributed by atoms with Gasteiger partial charge in [-0.15, -0.1) is 0 Å². The molecule has 0 rings (SSSR count). The summed E-state index contributed by atoms with van der Waals surface area (Å²) >= 11 is 0. The van der Waals surface area contributed by atoms with E-state index >= 15 is 0 Å². The molecular formula is C13H26N2O4. The lowest BCUT2D eigenvalue weighted by molar-refractivity contribution is -0.140. The van der Waals surface area contributed by atoms with Gasteiger partial charge >= 0.3 is 11.9 Å². The molecule has 0 radical (unpaired) electrons. The van der Waals surface area contributed by atoms with Crippen molar-refractivity contribution in [1.82, 2.24) is 5.32 Å². The predicted octanol–water partition coefficient (Wildman–Crippen LogP) is 1.19. The Morgan fingerprint density at radius 3 is 2.11 bits per heavy atom. The number of carbonyl (C=O) groups is 2. The highest BCUT2D eigenvalue weighted by Gasteiger charge is 2.17. The molecule has 0 aromatic rings. The van der Waals surface area contributed by atoms with Crippen molar-refractivity contribution in [3.63, 3.8) is 0 Å². The van der Waals surface area contributed by atoms with Crippen LogP contribution in [0.5, 0.6) is 0 Å². The maximum Gasteiger partial charge on any atom is 0.320 e. The molecule has 6 nitrogen and oxygen atoms in total.